The molecule has 0 spiro atoms. The first-order valence-electron chi connectivity index (χ1n) is 7.60. The molecule has 0 aromatic heterocycles. The molecule has 0 radical (unpaired) electrons. The number of sulfonamides is 1. The molecule has 0 atom stereocenters. The van der Waals surface area contributed by atoms with E-state index in [1.807, 2.05) is 19.0 Å². The fourth-order valence-electron chi connectivity index (χ4n) is 2.03. The summed E-state index contributed by atoms with van der Waals surface area (Å²) < 4.78 is 40.3. The van der Waals surface area contributed by atoms with Crippen molar-refractivity contribution in [3.8, 4) is 0 Å². The Morgan fingerprint density at radius 1 is 1.08 bits per heavy atom. The summed E-state index contributed by atoms with van der Waals surface area (Å²) in [7, 11) is 0.0567. The number of hydrogen-bond acceptors (Lipinski definition) is 4. The SMILES string of the molecule is CN(C)CCNS(=O)(=O)c1ccc(C(=O)Nc2ccccc2F)cc1. The Labute approximate surface area is 146 Å². The van der Waals surface area contributed by atoms with Crippen LogP contribution in [0.1, 0.15) is 10.4 Å². The van der Waals surface area contributed by atoms with Crippen LogP contribution >= 0.6 is 0 Å². The first-order valence-corrected chi connectivity index (χ1v) is 9.08. The summed E-state index contributed by atoms with van der Waals surface area (Å²) in [5.74, 6) is -1.06. The molecule has 6 nitrogen and oxygen atoms in total. The number of carbonyl (C=O) groups is 1. The van der Waals surface area contributed by atoms with Crippen molar-refractivity contribution in [2.75, 3.05) is 32.5 Å². The van der Waals surface area contributed by atoms with Gasteiger partial charge in [0.25, 0.3) is 5.91 Å². The van der Waals surface area contributed by atoms with Crippen molar-refractivity contribution >= 4 is 21.6 Å². The Hall–Kier alpha value is -2.29. The molecule has 0 bridgehead atoms. The third-order valence-electron chi connectivity index (χ3n) is 3.40. The minimum Gasteiger partial charge on any atom is -0.319 e. The van der Waals surface area contributed by atoms with E-state index >= 15 is 0 Å². The number of hydrogen-bond donors (Lipinski definition) is 2. The normalized spacial score (nSPS) is 11.5. The van der Waals surface area contributed by atoms with Gasteiger partial charge in [0.05, 0.1) is 10.6 Å². The molecule has 0 fully saturated rings. The van der Waals surface area contributed by atoms with Crippen molar-refractivity contribution < 1.29 is 17.6 Å². The van der Waals surface area contributed by atoms with E-state index in [1.165, 1.54) is 42.5 Å². The van der Waals surface area contributed by atoms with E-state index in [2.05, 4.69) is 10.0 Å². The minimum absolute atomic E-state index is 0.0636. The number of benzene rings is 2. The fourth-order valence-corrected chi connectivity index (χ4v) is 3.05. The van der Waals surface area contributed by atoms with Crippen LogP contribution in [0.25, 0.3) is 0 Å². The standard InChI is InChI=1S/C17H20FN3O3S/c1-21(2)12-11-19-25(23,24)14-9-7-13(8-10-14)17(22)20-16-6-4-3-5-15(16)18/h3-10,19H,11-12H2,1-2H3,(H,20,22). The number of carbonyl (C=O) groups excluding carboxylic acids is 1. The highest BCUT2D eigenvalue weighted by molar-refractivity contribution is 7.89. The molecule has 0 aliphatic heterocycles. The summed E-state index contributed by atoms with van der Waals surface area (Å²) in [6.07, 6.45) is 0. The molecule has 0 aliphatic carbocycles. The fraction of sp³-hybridized carbons (Fsp3) is 0.235. The number of para-hydroxylation sites is 1. The lowest BCUT2D eigenvalue weighted by Gasteiger charge is -2.11. The van der Waals surface area contributed by atoms with E-state index in [4.69, 9.17) is 0 Å². The maximum absolute atomic E-state index is 13.6. The van der Waals surface area contributed by atoms with E-state index in [-0.39, 0.29) is 22.7 Å². The number of halogens is 1. The van der Waals surface area contributed by atoms with Gasteiger partial charge in [-0.3, -0.25) is 4.79 Å². The molecule has 0 heterocycles. The van der Waals surface area contributed by atoms with Gasteiger partial charge in [-0.05, 0) is 50.5 Å². The lowest BCUT2D eigenvalue weighted by Crippen LogP contribution is -2.31. The van der Waals surface area contributed by atoms with E-state index in [0.717, 1.165) is 0 Å². The summed E-state index contributed by atoms with van der Waals surface area (Å²) in [6.45, 7) is 0.854. The highest BCUT2D eigenvalue weighted by Gasteiger charge is 2.15. The van der Waals surface area contributed by atoms with E-state index in [1.54, 1.807) is 6.07 Å². The van der Waals surface area contributed by atoms with Crippen LogP contribution in [-0.2, 0) is 10.0 Å². The summed E-state index contributed by atoms with van der Waals surface area (Å²) in [5.41, 5.74) is 0.296. The number of likely N-dealkylation sites (N-methyl/N-ethyl adjacent to an activating group) is 1. The van der Waals surface area contributed by atoms with Crippen molar-refractivity contribution in [1.29, 1.82) is 0 Å². The highest BCUT2D eigenvalue weighted by Crippen LogP contribution is 2.15. The minimum atomic E-state index is -3.63. The van der Waals surface area contributed by atoms with Gasteiger partial charge in [0.15, 0.2) is 0 Å². The van der Waals surface area contributed by atoms with Gasteiger partial charge < -0.3 is 10.2 Å². The molecule has 2 aromatic carbocycles. The third kappa shape index (κ3) is 5.35. The Balaban J connectivity index is 2.06. The van der Waals surface area contributed by atoms with Gasteiger partial charge >= 0.3 is 0 Å². The Morgan fingerprint density at radius 3 is 2.32 bits per heavy atom. The molecule has 2 aromatic rings. The number of amides is 1. The molecule has 0 saturated heterocycles. The first-order chi connectivity index (χ1) is 11.8. The molecule has 2 N–H and O–H groups in total. The second-order valence-electron chi connectivity index (χ2n) is 5.66. The highest BCUT2D eigenvalue weighted by atomic mass is 32.2. The zero-order chi connectivity index (χ0) is 18.4. The number of nitrogens with one attached hydrogen (secondary N) is 2. The molecule has 0 aliphatic rings. The zero-order valence-corrected chi connectivity index (χ0v) is 14.8. The second kappa shape index (κ2) is 8.19. The molecule has 0 unspecified atom stereocenters. The van der Waals surface area contributed by atoms with Crippen LogP contribution in [0.4, 0.5) is 10.1 Å². The Kier molecular flexibility index (Phi) is 6.24. The van der Waals surface area contributed by atoms with Gasteiger partial charge in [0.2, 0.25) is 10.0 Å². The van der Waals surface area contributed by atoms with Gasteiger partial charge in [-0.1, -0.05) is 12.1 Å². The van der Waals surface area contributed by atoms with Crippen LogP contribution in [0.2, 0.25) is 0 Å². The van der Waals surface area contributed by atoms with Crippen LogP contribution in [0.3, 0.4) is 0 Å². The summed E-state index contributed by atoms with van der Waals surface area (Å²) >= 11 is 0. The molecular weight excluding hydrogens is 345 g/mol. The van der Waals surface area contributed by atoms with Crippen molar-refractivity contribution in [3.63, 3.8) is 0 Å². The maximum atomic E-state index is 13.6. The molecule has 1 amide bonds. The topological polar surface area (TPSA) is 78.5 Å². The molecule has 134 valence electrons. The van der Waals surface area contributed by atoms with Crippen molar-refractivity contribution in [3.05, 3.63) is 59.9 Å². The smallest absolute Gasteiger partial charge is 0.255 e. The Bertz CT molecular complexity index is 836. The lowest BCUT2D eigenvalue weighted by atomic mass is 10.2. The van der Waals surface area contributed by atoms with Gasteiger partial charge in [-0.25, -0.2) is 17.5 Å². The predicted molar refractivity (Wildman–Crippen MR) is 94.5 cm³/mol. The van der Waals surface area contributed by atoms with E-state index < -0.39 is 21.7 Å². The van der Waals surface area contributed by atoms with Crippen LogP contribution in [0.5, 0.6) is 0 Å². The van der Waals surface area contributed by atoms with Crippen molar-refractivity contribution in [2.24, 2.45) is 0 Å². The average molecular weight is 365 g/mol. The monoisotopic (exact) mass is 365 g/mol. The summed E-state index contributed by atoms with van der Waals surface area (Å²) in [6, 6.07) is 11.3. The lowest BCUT2D eigenvalue weighted by molar-refractivity contribution is 0.102. The number of nitrogens with zero attached hydrogens (tertiary/aromatic N) is 1. The Morgan fingerprint density at radius 2 is 1.72 bits per heavy atom. The van der Waals surface area contributed by atoms with E-state index in [9.17, 15) is 17.6 Å². The van der Waals surface area contributed by atoms with E-state index in [0.29, 0.717) is 6.54 Å². The largest absolute Gasteiger partial charge is 0.319 e. The average Bonchev–Trinajstić information content (AvgIpc) is 2.56. The number of rotatable bonds is 7. The molecule has 25 heavy (non-hydrogen) atoms. The molecular formula is C17H20FN3O3S. The maximum Gasteiger partial charge on any atom is 0.255 e. The predicted octanol–water partition coefficient (Wildman–Crippen LogP) is 1.92. The van der Waals surface area contributed by atoms with Crippen LogP contribution in [-0.4, -0.2) is 46.4 Å². The molecule has 8 heteroatoms. The molecule has 2 rings (SSSR count). The summed E-state index contributed by atoms with van der Waals surface area (Å²) in [5, 5.41) is 2.45. The van der Waals surface area contributed by atoms with Crippen LogP contribution < -0.4 is 10.0 Å². The third-order valence-corrected chi connectivity index (χ3v) is 4.88. The summed E-state index contributed by atoms with van der Waals surface area (Å²) in [4.78, 5) is 14.0. The van der Waals surface area contributed by atoms with Crippen LogP contribution in [0, 0.1) is 5.82 Å². The van der Waals surface area contributed by atoms with Crippen LogP contribution in [0.15, 0.2) is 53.4 Å². The van der Waals surface area contributed by atoms with Crippen molar-refractivity contribution in [1.82, 2.24) is 9.62 Å². The number of anilines is 1. The van der Waals surface area contributed by atoms with Gasteiger partial charge in [-0.2, -0.15) is 0 Å². The van der Waals surface area contributed by atoms with Crippen molar-refractivity contribution in [2.45, 2.75) is 4.90 Å². The van der Waals surface area contributed by atoms with Gasteiger partial charge in [-0.15, -0.1) is 0 Å². The van der Waals surface area contributed by atoms with Gasteiger partial charge in [0, 0.05) is 18.7 Å². The molecule has 0 saturated carbocycles. The zero-order valence-electron chi connectivity index (χ0n) is 14.0. The first kappa shape index (κ1) is 19.0. The second-order valence-corrected chi connectivity index (χ2v) is 7.43. The quantitative estimate of drug-likeness (QED) is 0.786. The van der Waals surface area contributed by atoms with Gasteiger partial charge in [0.1, 0.15) is 5.82 Å².